The van der Waals surface area contributed by atoms with Crippen molar-refractivity contribution in [2.24, 2.45) is 5.16 Å². The Morgan fingerprint density at radius 1 is 1.03 bits per heavy atom. The minimum absolute atomic E-state index is 0.0251. The van der Waals surface area contributed by atoms with Crippen LogP contribution in [0.4, 0.5) is 4.39 Å². The molecule has 32 heavy (non-hydrogen) atoms. The molecule has 0 N–H and O–H groups in total. The Morgan fingerprint density at radius 3 is 2.06 bits per heavy atom. The number of carbonyl (C=O) groups is 2. The van der Waals surface area contributed by atoms with Crippen LogP contribution in [0.5, 0.6) is 0 Å². The fourth-order valence-corrected chi connectivity index (χ4v) is 3.87. The summed E-state index contributed by atoms with van der Waals surface area (Å²) in [7, 11) is 1.22. The number of benzene rings is 2. The fraction of sp³-hybridized carbons (Fsp3) is 0.250. The minimum atomic E-state index is -1.91. The molecule has 0 saturated carbocycles. The van der Waals surface area contributed by atoms with E-state index in [9.17, 15) is 14.0 Å². The third-order valence-corrected chi connectivity index (χ3v) is 5.78. The van der Waals surface area contributed by atoms with Gasteiger partial charge in [-0.05, 0) is 36.4 Å². The van der Waals surface area contributed by atoms with Crippen LogP contribution in [0.2, 0.25) is 20.1 Å². The highest BCUT2D eigenvalue weighted by atomic mass is 79.9. The summed E-state index contributed by atoms with van der Waals surface area (Å²) in [6.45, 7) is -0.370. The molecule has 0 aliphatic heterocycles. The van der Waals surface area contributed by atoms with Gasteiger partial charge in [-0.3, -0.25) is 0 Å². The first kappa shape index (κ1) is 26.7. The van der Waals surface area contributed by atoms with E-state index in [1.165, 1.54) is 43.5 Å². The molecule has 0 aliphatic rings. The number of hydrogen-bond acceptors (Lipinski definition) is 6. The van der Waals surface area contributed by atoms with E-state index >= 15 is 0 Å². The summed E-state index contributed by atoms with van der Waals surface area (Å²) in [5.41, 5.74) is 0.0385. The standard InChI is InChI=1S/C20H15BrCl4FNO5/c1-30-27-8-17(26)18(32-20(29)13-5-3-11(23)7-16(13)25)14(21)9-31-19(28)12-4-2-10(22)6-15(12)24/h2-8,14,17-18H,9H2,1H3/t14-,17-,18-/m1/s1. The minimum Gasteiger partial charge on any atom is -0.461 e. The maximum Gasteiger partial charge on any atom is 0.340 e. The number of oxime groups is 1. The van der Waals surface area contributed by atoms with E-state index in [0.29, 0.717) is 10.0 Å². The monoisotopic (exact) mass is 587 g/mol. The van der Waals surface area contributed by atoms with Crippen LogP contribution in [-0.2, 0) is 14.3 Å². The zero-order valence-electron chi connectivity index (χ0n) is 16.2. The molecular formula is C20H15BrCl4FNO5. The molecule has 0 bridgehead atoms. The number of nitrogens with zero attached hydrogens (tertiary/aromatic N) is 1. The molecule has 0 spiro atoms. The molecule has 2 rings (SSSR count). The van der Waals surface area contributed by atoms with Crippen molar-refractivity contribution in [1.82, 2.24) is 0 Å². The number of alkyl halides is 2. The predicted octanol–water partition coefficient (Wildman–Crippen LogP) is 6.42. The smallest absolute Gasteiger partial charge is 0.340 e. The highest BCUT2D eigenvalue weighted by Gasteiger charge is 2.33. The van der Waals surface area contributed by atoms with Crippen LogP contribution in [0.25, 0.3) is 0 Å². The van der Waals surface area contributed by atoms with E-state index in [1.54, 1.807) is 0 Å². The second-order valence-corrected chi connectivity index (χ2v) is 8.98. The Balaban J connectivity index is 2.15. The van der Waals surface area contributed by atoms with E-state index in [-0.39, 0.29) is 27.8 Å². The van der Waals surface area contributed by atoms with Gasteiger partial charge in [-0.2, -0.15) is 0 Å². The average Bonchev–Trinajstić information content (AvgIpc) is 2.73. The van der Waals surface area contributed by atoms with Crippen LogP contribution in [0.3, 0.4) is 0 Å². The van der Waals surface area contributed by atoms with Gasteiger partial charge < -0.3 is 14.3 Å². The molecule has 0 aromatic heterocycles. The lowest BCUT2D eigenvalue weighted by Crippen LogP contribution is -2.40. The van der Waals surface area contributed by atoms with Gasteiger partial charge in [0, 0.05) is 10.0 Å². The van der Waals surface area contributed by atoms with Gasteiger partial charge in [0.15, 0.2) is 12.3 Å². The van der Waals surface area contributed by atoms with Crippen molar-refractivity contribution < 1.29 is 28.3 Å². The second-order valence-electron chi connectivity index (χ2n) is 6.11. The van der Waals surface area contributed by atoms with Gasteiger partial charge in [-0.15, -0.1) is 0 Å². The third kappa shape index (κ3) is 7.49. The van der Waals surface area contributed by atoms with Crippen molar-refractivity contribution in [3.05, 3.63) is 67.6 Å². The Morgan fingerprint density at radius 2 is 1.56 bits per heavy atom. The lowest BCUT2D eigenvalue weighted by Gasteiger charge is -2.24. The van der Waals surface area contributed by atoms with E-state index in [0.717, 1.165) is 6.21 Å². The van der Waals surface area contributed by atoms with Crippen molar-refractivity contribution >= 4 is 80.5 Å². The highest BCUT2D eigenvalue weighted by Crippen LogP contribution is 2.25. The van der Waals surface area contributed by atoms with Crippen molar-refractivity contribution in [1.29, 1.82) is 0 Å². The molecular weight excluding hydrogens is 575 g/mol. The van der Waals surface area contributed by atoms with Gasteiger partial charge in [0.05, 0.1) is 32.2 Å². The maximum absolute atomic E-state index is 14.7. The topological polar surface area (TPSA) is 74.2 Å². The summed E-state index contributed by atoms with van der Waals surface area (Å²) < 4.78 is 25.2. The van der Waals surface area contributed by atoms with E-state index in [2.05, 4.69) is 25.9 Å². The van der Waals surface area contributed by atoms with Gasteiger partial charge in [0.1, 0.15) is 13.7 Å². The molecule has 3 atom stereocenters. The summed E-state index contributed by atoms with van der Waals surface area (Å²) in [5.74, 6) is -1.69. The molecule has 6 nitrogen and oxygen atoms in total. The Labute approximate surface area is 211 Å². The summed E-state index contributed by atoms with van der Waals surface area (Å²) in [5, 5.41) is 4.12. The Kier molecular flexibility index (Phi) is 10.5. The molecule has 0 aliphatic carbocycles. The number of ether oxygens (including phenoxy) is 2. The lowest BCUT2D eigenvalue weighted by molar-refractivity contribution is 0.00848. The summed E-state index contributed by atoms with van der Waals surface area (Å²) in [4.78, 5) is 28.4. The first-order chi connectivity index (χ1) is 15.1. The van der Waals surface area contributed by atoms with Crippen LogP contribution >= 0.6 is 62.3 Å². The third-order valence-electron chi connectivity index (χ3n) is 3.90. The van der Waals surface area contributed by atoms with Crippen molar-refractivity contribution in [3.8, 4) is 0 Å². The Bertz CT molecular complexity index is 1010. The molecule has 0 heterocycles. The van der Waals surface area contributed by atoms with Gasteiger partial charge in [-0.1, -0.05) is 67.5 Å². The fourth-order valence-electron chi connectivity index (χ4n) is 2.37. The number of esters is 2. The molecule has 0 unspecified atom stereocenters. The Hall–Kier alpha value is -1.58. The number of hydrogen-bond donors (Lipinski definition) is 0. The molecule has 12 heteroatoms. The molecule has 0 radical (unpaired) electrons. The van der Waals surface area contributed by atoms with Gasteiger partial charge >= 0.3 is 11.9 Å². The molecule has 2 aromatic carbocycles. The summed E-state index contributed by atoms with van der Waals surface area (Å²) >= 11 is 26.8. The van der Waals surface area contributed by atoms with Crippen LogP contribution in [0.15, 0.2) is 41.6 Å². The molecule has 0 amide bonds. The molecule has 0 fully saturated rings. The molecule has 172 valence electrons. The average molecular weight is 590 g/mol. The van der Waals surface area contributed by atoms with Crippen molar-refractivity contribution in [3.63, 3.8) is 0 Å². The first-order valence-electron chi connectivity index (χ1n) is 8.77. The zero-order chi connectivity index (χ0) is 23.8. The predicted molar refractivity (Wildman–Crippen MR) is 126 cm³/mol. The number of rotatable bonds is 9. The second kappa shape index (κ2) is 12.6. The summed E-state index contributed by atoms with van der Waals surface area (Å²) in [6.07, 6.45) is -2.57. The highest BCUT2D eigenvalue weighted by molar-refractivity contribution is 9.09. The normalized spacial score (nSPS) is 14.0. The van der Waals surface area contributed by atoms with E-state index in [4.69, 9.17) is 55.9 Å². The van der Waals surface area contributed by atoms with Gasteiger partial charge in [0.25, 0.3) is 0 Å². The quantitative estimate of drug-likeness (QED) is 0.146. The van der Waals surface area contributed by atoms with Gasteiger partial charge in [0.2, 0.25) is 0 Å². The van der Waals surface area contributed by atoms with Crippen LogP contribution < -0.4 is 0 Å². The van der Waals surface area contributed by atoms with Gasteiger partial charge in [-0.25, -0.2) is 14.0 Å². The maximum atomic E-state index is 14.7. The SMILES string of the molecule is CON=C[C@@H](F)[C@H](OC(=O)c1ccc(Cl)cc1Cl)[C@H](Br)COC(=O)c1ccc(Cl)cc1Cl. The number of carbonyl (C=O) groups excluding carboxylic acids is 2. The van der Waals surface area contributed by atoms with Crippen molar-refractivity contribution in [2.75, 3.05) is 13.7 Å². The van der Waals surface area contributed by atoms with E-state index < -0.39 is 29.0 Å². The lowest BCUT2D eigenvalue weighted by atomic mass is 10.1. The first-order valence-corrected chi connectivity index (χ1v) is 11.2. The van der Waals surface area contributed by atoms with E-state index in [1.807, 2.05) is 0 Å². The zero-order valence-corrected chi connectivity index (χ0v) is 20.8. The molecule has 2 aromatic rings. The van der Waals surface area contributed by atoms with Crippen LogP contribution in [-0.4, -0.2) is 49.0 Å². The summed E-state index contributed by atoms with van der Waals surface area (Å²) in [6, 6.07) is 8.35. The van der Waals surface area contributed by atoms with Crippen molar-refractivity contribution in [2.45, 2.75) is 17.1 Å². The molecule has 0 saturated heterocycles. The van der Waals surface area contributed by atoms with Crippen LogP contribution in [0.1, 0.15) is 20.7 Å². The largest absolute Gasteiger partial charge is 0.461 e. The van der Waals surface area contributed by atoms with Crippen LogP contribution in [0, 0.1) is 0 Å². The number of halogens is 6.